The smallest absolute Gasteiger partial charge is 0.0226 e. The highest BCUT2D eigenvalue weighted by Crippen LogP contribution is 2.15. The van der Waals surface area contributed by atoms with E-state index in [2.05, 4.69) is 11.2 Å². The van der Waals surface area contributed by atoms with E-state index in [1.807, 2.05) is 11.8 Å². The zero-order valence-corrected chi connectivity index (χ0v) is 10.9. The van der Waals surface area contributed by atoms with E-state index in [9.17, 15) is 0 Å². The third-order valence-corrected chi connectivity index (χ3v) is 3.98. The van der Waals surface area contributed by atoms with Gasteiger partial charge in [-0.2, -0.15) is 11.8 Å². The van der Waals surface area contributed by atoms with Crippen LogP contribution >= 0.6 is 11.8 Å². The Morgan fingerprint density at radius 3 is 2.27 bits per heavy atom. The van der Waals surface area contributed by atoms with Crippen molar-refractivity contribution in [1.82, 2.24) is 4.90 Å². The molecule has 0 amide bonds. The maximum absolute atomic E-state index is 5.88. The molecule has 1 fully saturated rings. The Bertz CT molecular complexity index is 145. The van der Waals surface area contributed by atoms with Crippen molar-refractivity contribution >= 4 is 11.8 Å². The monoisotopic (exact) mass is 230 g/mol. The van der Waals surface area contributed by atoms with E-state index in [0.29, 0.717) is 6.04 Å². The van der Waals surface area contributed by atoms with Crippen LogP contribution in [0.5, 0.6) is 0 Å². The summed E-state index contributed by atoms with van der Waals surface area (Å²) in [5.74, 6) is 1.25. The van der Waals surface area contributed by atoms with Crippen molar-refractivity contribution in [3.8, 4) is 0 Å². The van der Waals surface area contributed by atoms with E-state index < -0.39 is 0 Å². The molecule has 2 nitrogen and oxygen atoms in total. The van der Waals surface area contributed by atoms with Crippen molar-refractivity contribution < 1.29 is 0 Å². The van der Waals surface area contributed by atoms with E-state index in [1.165, 1.54) is 57.4 Å². The molecule has 0 radical (unpaired) electrons. The Labute approximate surface area is 99.0 Å². The number of rotatable bonds is 5. The summed E-state index contributed by atoms with van der Waals surface area (Å²) in [5.41, 5.74) is 5.88. The van der Waals surface area contributed by atoms with Crippen LogP contribution < -0.4 is 5.73 Å². The molecule has 1 atom stereocenters. The number of thioether (sulfide) groups is 1. The molecule has 1 unspecified atom stereocenters. The lowest BCUT2D eigenvalue weighted by Gasteiger charge is -2.32. The van der Waals surface area contributed by atoms with Gasteiger partial charge in [-0.25, -0.2) is 0 Å². The predicted molar refractivity (Wildman–Crippen MR) is 70.5 cm³/mol. The number of nitrogens with two attached hydrogens (primary N) is 1. The molecule has 0 aromatic rings. The molecule has 1 aliphatic rings. The van der Waals surface area contributed by atoms with Gasteiger partial charge in [-0.05, 0) is 44.4 Å². The van der Waals surface area contributed by atoms with Gasteiger partial charge in [0.15, 0.2) is 0 Å². The van der Waals surface area contributed by atoms with E-state index in [0.717, 1.165) is 6.54 Å². The van der Waals surface area contributed by atoms with E-state index in [-0.39, 0.29) is 0 Å². The second-order valence-corrected chi connectivity index (χ2v) is 5.46. The highest BCUT2D eigenvalue weighted by molar-refractivity contribution is 7.98. The van der Waals surface area contributed by atoms with E-state index in [1.54, 1.807) is 0 Å². The van der Waals surface area contributed by atoms with Gasteiger partial charge in [-0.1, -0.05) is 19.3 Å². The SMILES string of the molecule is CSCCC(CN)N1CCCCCCC1. The van der Waals surface area contributed by atoms with Crippen molar-refractivity contribution in [2.45, 2.75) is 44.6 Å². The first-order chi connectivity index (χ1) is 7.38. The fraction of sp³-hybridized carbons (Fsp3) is 1.00. The second kappa shape index (κ2) is 8.43. The number of likely N-dealkylation sites (tertiary alicyclic amines) is 1. The number of hydrogen-bond acceptors (Lipinski definition) is 3. The molecule has 1 aliphatic heterocycles. The van der Waals surface area contributed by atoms with Crippen molar-refractivity contribution in [3.63, 3.8) is 0 Å². The maximum Gasteiger partial charge on any atom is 0.0226 e. The minimum absolute atomic E-state index is 0.635. The molecule has 0 saturated carbocycles. The molecule has 2 N–H and O–H groups in total. The summed E-state index contributed by atoms with van der Waals surface area (Å²) >= 11 is 1.94. The minimum atomic E-state index is 0.635. The van der Waals surface area contributed by atoms with Gasteiger partial charge in [-0.3, -0.25) is 4.90 Å². The Morgan fingerprint density at radius 2 is 1.73 bits per heavy atom. The van der Waals surface area contributed by atoms with Gasteiger partial charge in [-0.15, -0.1) is 0 Å². The fourth-order valence-corrected chi connectivity index (χ4v) is 2.85. The van der Waals surface area contributed by atoms with Gasteiger partial charge >= 0.3 is 0 Å². The summed E-state index contributed by atoms with van der Waals surface area (Å²) < 4.78 is 0. The summed E-state index contributed by atoms with van der Waals surface area (Å²) in [5, 5.41) is 0. The first-order valence-electron chi connectivity index (χ1n) is 6.31. The van der Waals surface area contributed by atoms with Crippen LogP contribution in [0.4, 0.5) is 0 Å². The van der Waals surface area contributed by atoms with E-state index >= 15 is 0 Å². The number of hydrogen-bond donors (Lipinski definition) is 1. The molecule has 0 aliphatic carbocycles. The lowest BCUT2D eigenvalue weighted by atomic mass is 10.1. The summed E-state index contributed by atoms with van der Waals surface area (Å²) in [4.78, 5) is 2.63. The topological polar surface area (TPSA) is 29.3 Å². The molecule has 0 spiro atoms. The molecule has 90 valence electrons. The highest BCUT2D eigenvalue weighted by Gasteiger charge is 2.16. The molecule has 0 aromatic carbocycles. The first kappa shape index (κ1) is 13.3. The third-order valence-electron chi connectivity index (χ3n) is 3.33. The minimum Gasteiger partial charge on any atom is -0.329 e. The van der Waals surface area contributed by atoms with Crippen molar-refractivity contribution in [1.29, 1.82) is 0 Å². The van der Waals surface area contributed by atoms with Crippen molar-refractivity contribution in [2.24, 2.45) is 5.73 Å². The quantitative estimate of drug-likeness (QED) is 0.786. The molecule has 0 aromatic heterocycles. The summed E-state index contributed by atoms with van der Waals surface area (Å²) in [7, 11) is 0. The summed E-state index contributed by atoms with van der Waals surface area (Å²) in [6, 6.07) is 0.635. The second-order valence-electron chi connectivity index (χ2n) is 4.47. The third kappa shape index (κ3) is 5.23. The van der Waals surface area contributed by atoms with Crippen LogP contribution in [0.2, 0.25) is 0 Å². The first-order valence-corrected chi connectivity index (χ1v) is 7.71. The van der Waals surface area contributed by atoms with E-state index in [4.69, 9.17) is 5.73 Å². The van der Waals surface area contributed by atoms with Gasteiger partial charge in [0.05, 0.1) is 0 Å². The van der Waals surface area contributed by atoms with Crippen LogP contribution in [0.25, 0.3) is 0 Å². The largest absolute Gasteiger partial charge is 0.329 e. The van der Waals surface area contributed by atoms with Crippen LogP contribution in [-0.4, -0.2) is 42.6 Å². The van der Waals surface area contributed by atoms with Crippen LogP contribution in [0.3, 0.4) is 0 Å². The average molecular weight is 230 g/mol. The Kier molecular flexibility index (Phi) is 7.49. The molecule has 1 heterocycles. The predicted octanol–water partition coefficient (Wildman–Crippen LogP) is 2.33. The maximum atomic E-state index is 5.88. The Morgan fingerprint density at radius 1 is 1.13 bits per heavy atom. The lowest BCUT2D eigenvalue weighted by molar-refractivity contribution is 0.179. The van der Waals surface area contributed by atoms with Gasteiger partial charge in [0, 0.05) is 12.6 Å². The Hall–Kier alpha value is 0.270. The summed E-state index contributed by atoms with van der Waals surface area (Å²) in [6.07, 6.45) is 10.4. The summed E-state index contributed by atoms with van der Waals surface area (Å²) in [6.45, 7) is 3.38. The highest BCUT2D eigenvalue weighted by atomic mass is 32.2. The van der Waals surface area contributed by atoms with Crippen LogP contribution in [0.15, 0.2) is 0 Å². The van der Waals surface area contributed by atoms with Crippen molar-refractivity contribution in [3.05, 3.63) is 0 Å². The van der Waals surface area contributed by atoms with Crippen LogP contribution in [0, 0.1) is 0 Å². The van der Waals surface area contributed by atoms with Gasteiger partial charge in [0.1, 0.15) is 0 Å². The molecule has 1 saturated heterocycles. The van der Waals surface area contributed by atoms with Crippen molar-refractivity contribution in [2.75, 3.05) is 31.6 Å². The van der Waals surface area contributed by atoms with Crippen LogP contribution in [-0.2, 0) is 0 Å². The molecule has 3 heteroatoms. The average Bonchev–Trinajstić information content (AvgIpc) is 2.21. The standard InChI is InChI=1S/C12H26N2S/c1-15-10-7-12(11-13)14-8-5-3-2-4-6-9-14/h12H,2-11,13H2,1H3. The normalized spacial score (nSPS) is 22.0. The zero-order chi connectivity index (χ0) is 10.9. The van der Waals surface area contributed by atoms with Gasteiger partial charge in [0.25, 0.3) is 0 Å². The van der Waals surface area contributed by atoms with Gasteiger partial charge in [0.2, 0.25) is 0 Å². The number of nitrogens with zero attached hydrogens (tertiary/aromatic N) is 1. The molecular weight excluding hydrogens is 204 g/mol. The van der Waals surface area contributed by atoms with Gasteiger partial charge < -0.3 is 5.73 Å². The fourth-order valence-electron chi connectivity index (χ4n) is 2.34. The molecule has 0 bridgehead atoms. The lowest BCUT2D eigenvalue weighted by Crippen LogP contribution is -2.42. The molecular formula is C12H26N2S. The van der Waals surface area contributed by atoms with Crippen LogP contribution in [0.1, 0.15) is 38.5 Å². The Balaban J connectivity index is 2.33. The molecule has 1 rings (SSSR count). The zero-order valence-electron chi connectivity index (χ0n) is 10.1. The molecule has 15 heavy (non-hydrogen) atoms.